The lowest BCUT2D eigenvalue weighted by Gasteiger charge is -2.09. The van der Waals surface area contributed by atoms with Gasteiger partial charge in [0, 0.05) is 5.22 Å². The smallest absolute Gasteiger partial charge is 0.0636 e. The van der Waals surface area contributed by atoms with E-state index in [1.54, 1.807) is 0 Å². The van der Waals surface area contributed by atoms with E-state index in [1.807, 2.05) is 6.20 Å². The molecule has 2 nitrogen and oxygen atoms in total. The fourth-order valence-electron chi connectivity index (χ4n) is 1.71. The minimum atomic E-state index is 0.667. The minimum absolute atomic E-state index is 0.667. The summed E-state index contributed by atoms with van der Waals surface area (Å²) < 4.78 is 0. The second-order valence-electron chi connectivity index (χ2n) is 3.33. The number of fused-ring (bicyclic) bond motifs is 1. The van der Waals surface area contributed by atoms with Crippen LogP contribution in [0.4, 0.5) is 0 Å². The second-order valence-corrected chi connectivity index (χ2v) is 3.33. The molecule has 1 aliphatic rings. The Hall–Kier alpha value is -1.05. The van der Waals surface area contributed by atoms with Crippen molar-refractivity contribution in [1.29, 1.82) is 0 Å². The molecule has 0 bridgehead atoms. The van der Waals surface area contributed by atoms with E-state index in [0.29, 0.717) is 5.92 Å². The quantitative estimate of drug-likeness (QED) is 0.567. The van der Waals surface area contributed by atoms with Gasteiger partial charge in [-0.2, -0.15) is 5.10 Å². The van der Waals surface area contributed by atoms with E-state index in [2.05, 4.69) is 30.1 Å². The van der Waals surface area contributed by atoms with Gasteiger partial charge in [0.05, 0.1) is 11.5 Å². The van der Waals surface area contributed by atoms with Gasteiger partial charge in [-0.05, 0) is 24.8 Å². The highest BCUT2D eigenvalue weighted by atomic mass is 15.1. The highest BCUT2D eigenvalue weighted by molar-refractivity contribution is 5.47. The van der Waals surface area contributed by atoms with Crippen molar-refractivity contribution in [2.75, 3.05) is 0 Å². The molecule has 11 heavy (non-hydrogen) atoms. The summed E-state index contributed by atoms with van der Waals surface area (Å²) in [7, 11) is 0. The molecule has 1 N–H and O–H groups in total. The monoisotopic (exact) mass is 148 g/mol. The van der Waals surface area contributed by atoms with Crippen molar-refractivity contribution in [3.63, 3.8) is 0 Å². The molecule has 1 aromatic heterocycles. The second kappa shape index (κ2) is 2.22. The molecule has 0 saturated heterocycles. The van der Waals surface area contributed by atoms with Crippen molar-refractivity contribution in [1.82, 2.24) is 10.2 Å². The van der Waals surface area contributed by atoms with Gasteiger partial charge in [0.15, 0.2) is 0 Å². The van der Waals surface area contributed by atoms with Gasteiger partial charge in [-0.3, -0.25) is 5.10 Å². The van der Waals surface area contributed by atoms with Crippen LogP contribution in [-0.2, 0) is 0 Å². The Morgan fingerprint density at radius 3 is 3.27 bits per heavy atom. The predicted molar refractivity (Wildman–Crippen MR) is 45.2 cm³/mol. The average Bonchev–Trinajstić information content (AvgIpc) is 2.34. The van der Waals surface area contributed by atoms with Crippen LogP contribution in [0.25, 0.3) is 11.6 Å². The third-order valence-electron chi connectivity index (χ3n) is 2.19. The van der Waals surface area contributed by atoms with Crippen LogP contribution in [0.1, 0.15) is 20.3 Å². The van der Waals surface area contributed by atoms with Crippen molar-refractivity contribution in [2.24, 2.45) is 5.92 Å². The standard InChI is InChI=1S/C9H12N2/c1-6-3-7(2)9-8(4-6)5-10-11-9/h4-6,11H,3H2,1-2H3. The first-order chi connectivity index (χ1) is 5.27. The normalized spacial score (nSPS) is 22.7. The maximum Gasteiger partial charge on any atom is 0.0636 e. The summed E-state index contributed by atoms with van der Waals surface area (Å²) in [6.45, 7) is 4.40. The van der Waals surface area contributed by atoms with Crippen LogP contribution in [0.3, 0.4) is 0 Å². The molecule has 0 aliphatic heterocycles. The van der Waals surface area contributed by atoms with Crippen molar-refractivity contribution in [2.45, 2.75) is 20.3 Å². The lowest BCUT2D eigenvalue weighted by Crippen LogP contribution is -2.29. The van der Waals surface area contributed by atoms with E-state index < -0.39 is 0 Å². The maximum absolute atomic E-state index is 4.01. The zero-order chi connectivity index (χ0) is 7.84. The number of nitrogens with zero attached hydrogens (tertiary/aromatic N) is 1. The van der Waals surface area contributed by atoms with Gasteiger partial charge in [-0.25, -0.2) is 0 Å². The van der Waals surface area contributed by atoms with Crippen LogP contribution in [0.5, 0.6) is 0 Å². The first-order valence-electron chi connectivity index (χ1n) is 3.98. The summed E-state index contributed by atoms with van der Waals surface area (Å²) >= 11 is 0. The molecule has 1 unspecified atom stereocenters. The maximum atomic E-state index is 4.01. The molecule has 0 spiro atoms. The Kier molecular flexibility index (Phi) is 1.34. The van der Waals surface area contributed by atoms with Gasteiger partial charge in [-0.15, -0.1) is 0 Å². The van der Waals surface area contributed by atoms with Crippen LogP contribution in [0, 0.1) is 5.92 Å². The van der Waals surface area contributed by atoms with E-state index in [1.165, 1.54) is 16.1 Å². The number of hydrogen-bond donors (Lipinski definition) is 1. The van der Waals surface area contributed by atoms with Gasteiger partial charge in [0.1, 0.15) is 0 Å². The minimum Gasteiger partial charge on any atom is -0.278 e. The molecule has 0 fully saturated rings. The van der Waals surface area contributed by atoms with Gasteiger partial charge < -0.3 is 0 Å². The highest BCUT2D eigenvalue weighted by Crippen LogP contribution is 2.12. The Morgan fingerprint density at radius 1 is 1.64 bits per heavy atom. The molecule has 1 atom stereocenters. The van der Waals surface area contributed by atoms with Crippen molar-refractivity contribution in [3.05, 3.63) is 16.8 Å². The van der Waals surface area contributed by atoms with Crippen LogP contribution in [-0.4, -0.2) is 10.2 Å². The Balaban J connectivity index is 2.80. The molecule has 1 heterocycles. The largest absolute Gasteiger partial charge is 0.278 e. The molecule has 0 radical (unpaired) electrons. The highest BCUT2D eigenvalue weighted by Gasteiger charge is 2.06. The van der Waals surface area contributed by atoms with Crippen molar-refractivity contribution >= 4 is 11.6 Å². The number of aromatic nitrogens is 2. The molecule has 2 heteroatoms. The molecule has 2 rings (SSSR count). The number of hydrogen-bond acceptors (Lipinski definition) is 1. The number of H-pyrrole nitrogens is 1. The summed E-state index contributed by atoms with van der Waals surface area (Å²) in [5.74, 6) is 0.667. The SMILES string of the molecule is CC1=c2[nH]ncc2=CC(C)C1. The molecular formula is C9H12N2. The van der Waals surface area contributed by atoms with Crippen molar-refractivity contribution < 1.29 is 0 Å². The van der Waals surface area contributed by atoms with Gasteiger partial charge in [-0.1, -0.05) is 13.0 Å². The molecule has 0 aromatic carbocycles. The van der Waals surface area contributed by atoms with E-state index in [0.717, 1.165) is 6.42 Å². The zero-order valence-corrected chi connectivity index (χ0v) is 6.89. The summed E-state index contributed by atoms with van der Waals surface area (Å²) in [5.41, 5.74) is 1.42. The van der Waals surface area contributed by atoms with E-state index in [9.17, 15) is 0 Å². The Labute approximate surface area is 65.6 Å². The van der Waals surface area contributed by atoms with E-state index >= 15 is 0 Å². The molecule has 0 saturated carbocycles. The zero-order valence-electron chi connectivity index (χ0n) is 6.89. The predicted octanol–water partition coefficient (Wildman–Crippen LogP) is 0.401. The third-order valence-corrected chi connectivity index (χ3v) is 2.19. The van der Waals surface area contributed by atoms with Crippen molar-refractivity contribution in [3.8, 4) is 0 Å². The van der Waals surface area contributed by atoms with Crippen LogP contribution in [0.15, 0.2) is 6.20 Å². The lowest BCUT2D eigenvalue weighted by molar-refractivity contribution is 0.778. The lowest BCUT2D eigenvalue weighted by atomic mass is 9.97. The van der Waals surface area contributed by atoms with E-state index in [-0.39, 0.29) is 0 Å². The Bertz CT molecular complexity index is 373. The molecule has 1 aliphatic carbocycles. The van der Waals surface area contributed by atoms with Gasteiger partial charge in [0.2, 0.25) is 0 Å². The number of rotatable bonds is 0. The van der Waals surface area contributed by atoms with Gasteiger partial charge in [0.25, 0.3) is 0 Å². The fourth-order valence-corrected chi connectivity index (χ4v) is 1.71. The molecule has 1 aromatic rings. The summed E-state index contributed by atoms with van der Waals surface area (Å²) in [6.07, 6.45) is 5.33. The average molecular weight is 148 g/mol. The summed E-state index contributed by atoms with van der Waals surface area (Å²) in [6, 6.07) is 0. The topological polar surface area (TPSA) is 28.7 Å². The number of nitrogens with one attached hydrogen (secondary N) is 1. The molecule has 58 valence electrons. The van der Waals surface area contributed by atoms with Crippen LogP contribution < -0.4 is 10.6 Å². The summed E-state index contributed by atoms with van der Waals surface area (Å²) in [4.78, 5) is 0. The summed E-state index contributed by atoms with van der Waals surface area (Å²) in [5, 5.41) is 9.51. The first-order valence-corrected chi connectivity index (χ1v) is 3.98. The first kappa shape index (κ1) is 6.65. The Morgan fingerprint density at radius 2 is 2.45 bits per heavy atom. The van der Waals surface area contributed by atoms with Gasteiger partial charge >= 0.3 is 0 Å². The van der Waals surface area contributed by atoms with Crippen LogP contribution >= 0.6 is 0 Å². The molecular weight excluding hydrogens is 136 g/mol. The van der Waals surface area contributed by atoms with E-state index in [4.69, 9.17) is 0 Å². The number of aromatic amines is 1. The van der Waals surface area contributed by atoms with Crippen LogP contribution in [0.2, 0.25) is 0 Å². The molecule has 0 amide bonds. The fraction of sp³-hybridized carbons (Fsp3) is 0.444. The third kappa shape index (κ3) is 0.985.